The molecule has 1 aliphatic rings. The van der Waals surface area contributed by atoms with Gasteiger partial charge in [0.05, 0.1) is 6.10 Å². The minimum Gasteiger partial charge on any atom is -0.377 e. The number of ether oxygens (including phenoxy) is 1. The molecule has 0 aromatic rings. The van der Waals surface area contributed by atoms with Crippen LogP contribution < -0.4 is 11.2 Å². The van der Waals surface area contributed by atoms with Crippen molar-refractivity contribution in [1.29, 1.82) is 0 Å². The van der Waals surface area contributed by atoms with Gasteiger partial charge < -0.3 is 14.9 Å². The lowest BCUT2D eigenvalue weighted by Gasteiger charge is -2.30. The van der Waals surface area contributed by atoms with Gasteiger partial charge in [0.25, 0.3) is 0 Å². The van der Waals surface area contributed by atoms with E-state index < -0.39 is 12.0 Å². The van der Waals surface area contributed by atoms with Crippen LogP contribution in [0, 0.1) is 5.41 Å². The highest BCUT2D eigenvalue weighted by Gasteiger charge is 2.33. The van der Waals surface area contributed by atoms with Gasteiger partial charge in [-0.3, -0.25) is 0 Å². The van der Waals surface area contributed by atoms with Gasteiger partial charge in [-0.05, 0) is 24.0 Å². The fourth-order valence-corrected chi connectivity index (χ4v) is 1.78. The van der Waals surface area contributed by atoms with Gasteiger partial charge in [0.1, 0.15) is 6.04 Å². The van der Waals surface area contributed by atoms with Crippen molar-refractivity contribution in [2.24, 2.45) is 11.3 Å². The van der Waals surface area contributed by atoms with Gasteiger partial charge in [-0.1, -0.05) is 26.8 Å². The first kappa shape index (κ1) is 14.7. The second-order valence-corrected chi connectivity index (χ2v) is 5.41. The lowest BCUT2D eigenvalue weighted by molar-refractivity contribution is -0.149. The number of nitrogens with one attached hydrogen (secondary N) is 1. The van der Waals surface area contributed by atoms with Gasteiger partial charge in [0, 0.05) is 12.8 Å². The van der Waals surface area contributed by atoms with Crippen molar-refractivity contribution in [2.45, 2.75) is 39.3 Å². The molecule has 102 valence electrons. The number of carbonyl (C=O) groups is 1. The molecule has 2 atom stereocenters. The minimum atomic E-state index is -0.506. The topological polar surface area (TPSA) is 73.6 Å². The van der Waals surface area contributed by atoms with Gasteiger partial charge in [-0.2, -0.15) is 5.90 Å². The molecule has 0 radical (unpaired) electrons. The van der Waals surface area contributed by atoms with Crippen LogP contribution in [-0.4, -0.2) is 25.2 Å². The van der Waals surface area contributed by atoms with Gasteiger partial charge >= 0.3 is 5.97 Å². The molecule has 0 bridgehead atoms. The van der Waals surface area contributed by atoms with Crippen LogP contribution >= 0.6 is 0 Å². The number of carbonyl (C=O) groups excluding carboxylic acids is 1. The van der Waals surface area contributed by atoms with Crippen LogP contribution in [0.25, 0.3) is 0 Å². The van der Waals surface area contributed by atoms with Crippen LogP contribution in [0.3, 0.4) is 0 Å². The van der Waals surface area contributed by atoms with Crippen LogP contribution in [0.4, 0.5) is 0 Å². The summed E-state index contributed by atoms with van der Waals surface area (Å²) < 4.78 is 5.27. The summed E-state index contributed by atoms with van der Waals surface area (Å²) in [5.74, 6) is 4.50. The number of allylic oxidation sites excluding steroid dienone is 1. The average Bonchev–Trinajstić information content (AvgIpc) is 2.34. The largest absolute Gasteiger partial charge is 0.377 e. The van der Waals surface area contributed by atoms with E-state index in [0.717, 1.165) is 12.1 Å². The Morgan fingerprint density at radius 1 is 1.56 bits per heavy atom. The molecule has 0 saturated carbocycles. The fourth-order valence-electron chi connectivity index (χ4n) is 1.78. The molecule has 1 aliphatic carbocycles. The maximum atomic E-state index is 11.7. The molecule has 0 fully saturated rings. The maximum Gasteiger partial charge on any atom is 0.347 e. The standard InChI is InChI=1S/C13H22N2O3/c1-13(2,3)11(12(16)18-14)15-9-6-5-7-10(8-9)17-4/h5-6,8,10-11,15H,7,14H2,1-4H3/t10?,11-/m1/s1. The highest BCUT2D eigenvalue weighted by atomic mass is 16.7. The smallest absolute Gasteiger partial charge is 0.347 e. The number of nitrogens with two attached hydrogens (primary N) is 1. The van der Waals surface area contributed by atoms with Crippen molar-refractivity contribution in [3.8, 4) is 0 Å². The summed E-state index contributed by atoms with van der Waals surface area (Å²) in [5, 5.41) is 3.15. The van der Waals surface area contributed by atoms with Gasteiger partial charge in [0.2, 0.25) is 0 Å². The van der Waals surface area contributed by atoms with Crippen LogP contribution in [0.2, 0.25) is 0 Å². The van der Waals surface area contributed by atoms with E-state index in [1.54, 1.807) is 7.11 Å². The van der Waals surface area contributed by atoms with Crippen molar-refractivity contribution in [3.05, 3.63) is 23.9 Å². The molecule has 0 spiro atoms. The molecule has 3 N–H and O–H groups in total. The second kappa shape index (κ2) is 6.02. The Morgan fingerprint density at radius 2 is 2.22 bits per heavy atom. The Hall–Kier alpha value is -1.33. The Morgan fingerprint density at radius 3 is 2.72 bits per heavy atom. The zero-order chi connectivity index (χ0) is 13.8. The summed E-state index contributed by atoms with van der Waals surface area (Å²) in [5.41, 5.74) is 0.545. The van der Waals surface area contributed by atoms with Crippen LogP contribution in [0.5, 0.6) is 0 Å². The molecule has 0 amide bonds. The third-order valence-corrected chi connectivity index (χ3v) is 2.86. The van der Waals surface area contributed by atoms with Crippen molar-refractivity contribution < 1.29 is 14.4 Å². The molecule has 1 rings (SSSR count). The highest BCUT2D eigenvalue weighted by molar-refractivity contribution is 5.76. The van der Waals surface area contributed by atoms with Crippen molar-refractivity contribution >= 4 is 5.97 Å². The summed E-state index contributed by atoms with van der Waals surface area (Å²) in [4.78, 5) is 16.0. The van der Waals surface area contributed by atoms with E-state index in [9.17, 15) is 4.79 Å². The number of hydrogen-bond donors (Lipinski definition) is 2. The summed E-state index contributed by atoms with van der Waals surface area (Å²) in [6.07, 6.45) is 6.75. The van der Waals surface area contributed by atoms with Crippen LogP contribution in [0.15, 0.2) is 23.9 Å². The minimum absolute atomic E-state index is 0.0343. The third kappa shape index (κ3) is 3.85. The first-order valence-corrected chi connectivity index (χ1v) is 5.96. The summed E-state index contributed by atoms with van der Waals surface area (Å²) in [6.45, 7) is 5.84. The normalized spacial score (nSPS) is 21.2. The molecule has 5 heteroatoms. The predicted molar refractivity (Wildman–Crippen MR) is 69.3 cm³/mol. The number of methoxy groups -OCH3 is 1. The van der Waals surface area contributed by atoms with Gasteiger partial charge in [-0.25, -0.2) is 4.79 Å². The van der Waals surface area contributed by atoms with E-state index >= 15 is 0 Å². The second-order valence-electron chi connectivity index (χ2n) is 5.41. The SMILES string of the molecule is COC1C=C(N[C@H](C(=O)ON)C(C)(C)C)C=CC1. The van der Waals surface area contributed by atoms with Crippen LogP contribution in [0.1, 0.15) is 27.2 Å². The molecule has 0 saturated heterocycles. The van der Waals surface area contributed by atoms with E-state index in [1.807, 2.05) is 39.0 Å². The van der Waals surface area contributed by atoms with E-state index in [0.29, 0.717) is 0 Å². The maximum absolute atomic E-state index is 11.7. The molecule has 18 heavy (non-hydrogen) atoms. The molecule has 5 nitrogen and oxygen atoms in total. The Kier molecular flexibility index (Phi) is 4.93. The van der Waals surface area contributed by atoms with Gasteiger partial charge in [-0.15, -0.1) is 0 Å². The van der Waals surface area contributed by atoms with Crippen LogP contribution in [-0.2, 0) is 14.4 Å². The quantitative estimate of drug-likeness (QED) is 0.739. The monoisotopic (exact) mass is 254 g/mol. The molecule has 0 aromatic heterocycles. The first-order valence-electron chi connectivity index (χ1n) is 5.96. The molecule has 0 aromatic carbocycles. The molecule has 0 heterocycles. The summed E-state index contributed by atoms with van der Waals surface area (Å²) in [6, 6.07) is -0.506. The predicted octanol–water partition coefficient (Wildman–Crippen LogP) is 1.27. The third-order valence-electron chi connectivity index (χ3n) is 2.86. The fraction of sp³-hybridized carbons (Fsp3) is 0.615. The summed E-state index contributed by atoms with van der Waals surface area (Å²) >= 11 is 0. The highest BCUT2D eigenvalue weighted by Crippen LogP contribution is 2.22. The molecule has 1 unspecified atom stereocenters. The van der Waals surface area contributed by atoms with E-state index in [2.05, 4.69) is 10.2 Å². The number of hydrogen-bond acceptors (Lipinski definition) is 5. The van der Waals surface area contributed by atoms with E-state index in [-0.39, 0.29) is 11.5 Å². The average molecular weight is 254 g/mol. The van der Waals surface area contributed by atoms with Crippen molar-refractivity contribution in [3.63, 3.8) is 0 Å². The molecular weight excluding hydrogens is 232 g/mol. The zero-order valence-electron chi connectivity index (χ0n) is 11.4. The lowest BCUT2D eigenvalue weighted by atomic mass is 9.86. The summed E-state index contributed by atoms with van der Waals surface area (Å²) in [7, 11) is 1.66. The van der Waals surface area contributed by atoms with Crippen molar-refractivity contribution in [1.82, 2.24) is 5.32 Å². The zero-order valence-corrected chi connectivity index (χ0v) is 11.4. The Bertz CT molecular complexity index is 356. The molecule has 0 aliphatic heterocycles. The van der Waals surface area contributed by atoms with E-state index in [4.69, 9.17) is 10.6 Å². The van der Waals surface area contributed by atoms with E-state index in [1.165, 1.54) is 0 Å². The molecular formula is C13H22N2O3. The Labute approximate surface area is 108 Å². The van der Waals surface area contributed by atoms with Gasteiger partial charge in [0.15, 0.2) is 0 Å². The van der Waals surface area contributed by atoms with Crippen molar-refractivity contribution in [2.75, 3.05) is 7.11 Å². The number of rotatable bonds is 4. The first-order chi connectivity index (χ1) is 8.38. The lowest BCUT2D eigenvalue weighted by Crippen LogP contribution is -2.47. The Balaban J connectivity index is 2.81.